The van der Waals surface area contributed by atoms with Crippen LogP contribution < -0.4 is 10.6 Å². The molecule has 0 aromatic heterocycles. The van der Waals surface area contributed by atoms with Gasteiger partial charge >= 0.3 is 6.18 Å². The van der Waals surface area contributed by atoms with Crippen LogP contribution in [0.25, 0.3) is 6.08 Å². The Kier molecular flexibility index (Phi) is 7.10. The molecule has 13 heteroatoms. The third-order valence-electron chi connectivity index (χ3n) is 6.58. The molecule has 2 heterocycles. The van der Waals surface area contributed by atoms with Gasteiger partial charge in [-0.3, -0.25) is 9.79 Å². The molecule has 2 aliphatic heterocycles. The zero-order chi connectivity index (χ0) is 29.7. The van der Waals surface area contributed by atoms with Gasteiger partial charge in [-0.25, -0.2) is 12.8 Å². The number of piperidine rings is 1. The van der Waals surface area contributed by atoms with Crippen LogP contribution in [0.3, 0.4) is 0 Å². The van der Waals surface area contributed by atoms with Gasteiger partial charge in [0.25, 0.3) is 5.91 Å². The first kappa shape index (κ1) is 25.3. The number of amides is 1. The van der Waals surface area contributed by atoms with Crippen LogP contribution in [0.15, 0.2) is 40.7 Å². The van der Waals surface area contributed by atoms with Crippen molar-refractivity contribution >= 4 is 45.9 Å². The van der Waals surface area contributed by atoms with Gasteiger partial charge in [-0.15, -0.1) is 12.4 Å². The Labute approximate surface area is 228 Å². The van der Waals surface area contributed by atoms with E-state index in [2.05, 4.69) is 15.6 Å². The van der Waals surface area contributed by atoms with Crippen LogP contribution in [0.2, 0.25) is 0 Å². The number of carbonyl (C=O) groups is 1. The second kappa shape index (κ2) is 10.7. The molecule has 0 atom stereocenters. The van der Waals surface area contributed by atoms with E-state index in [1.54, 1.807) is 26.0 Å². The Hall–Kier alpha value is -2.96. The fourth-order valence-electron chi connectivity index (χ4n) is 4.54. The van der Waals surface area contributed by atoms with Crippen LogP contribution in [0.5, 0.6) is 0 Å². The van der Waals surface area contributed by atoms with Crippen molar-refractivity contribution in [1.82, 2.24) is 9.62 Å². The number of sulfonamides is 1. The van der Waals surface area contributed by atoms with Crippen molar-refractivity contribution in [2.75, 3.05) is 25.4 Å². The number of aliphatic imine (C=N–C) groups is 1. The maximum atomic E-state index is 13.7. The predicted octanol–water partition coefficient (Wildman–Crippen LogP) is 4.64. The summed E-state index contributed by atoms with van der Waals surface area (Å²) >= 11 is 0. The minimum atomic E-state index is -4.93. The molecule has 38 heavy (non-hydrogen) atoms. The molecule has 2 aromatic rings. The number of hydrogen-bond acceptors (Lipinski definition) is 5. The van der Waals surface area contributed by atoms with Crippen molar-refractivity contribution in [3.05, 3.63) is 69.4 Å². The fraction of sp³-hybridized carbons (Fsp3) is 0.360. The van der Waals surface area contributed by atoms with Crippen LogP contribution in [0.1, 0.15) is 44.8 Å². The number of rotatable bonds is 5. The van der Waals surface area contributed by atoms with Gasteiger partial charge in [-0.2, -0.15) is 17.5 Å². The molecule has 1 fully saturated rings. The summed E-state index contributed by atoms with van der Waals surface area (Å²) in [5.74, 6) is -2.14. The lowest BCUT2D eigenvalue weighted by atomic mass is 9.89. The summed E-state index contributed by atoms with van der Waals surface area (Å²) in [6, 6.07) is 5.52. The van der Waals surface area contributed by atoms with E-state index in [9.17, 15) is 30.8 Å². The molecule has 2 aromatic carbocycles. The monoisotopic (exact) mass is 577 g/mol. The molecule has 2 N–H and O–H groups in total. The number of nitrogens with one attached hydrogen (secondary N) is 2. The highest BCUT2D eigenvalue weighted by Crippen LogP contribution is 2.35. The first-order valence-electron chi connectivity index (χ1n) is 12.8. The van der Waals surface area contributed by atoms with Crippen molar-refractivity contribution < 1.29 is 34.9 Å². The topological polar surface area (TPSA) is 90.9 Å². The number of amidine groups is 1. The number of halogens is 5. The Morgan fingerprint density at radius 1 is 1.16 bits per heavy atom. The van der Waals surface area contributed by atoms with E-state index < -0.39 is 46.0 Å². The average molecular weight is 578 g/mol. The van der Waals surface area contributed by atoms with Gasteiger partial charge in [0.1, 0.15) is 17.2 Å². The summed E-state index contributed by atoms with van der Waals surface area (Å²) in [5, 5.41) is 5.90. The van der Waals surface area contributed by atoms with Gasteiger partial charge in [-0.05, 0) is 79.8 Å². The van der Waals surface area contributed by atoms with E-state index in [1.165, 1.54) is 10.4 Å². The quantitative estimate of drug-likeness (QED) is 0.507. The highest BCUT2D eigenvalue weighted by atomic mass is 35.5. The molecule has 1 spiro atoms. The molecule has 0 radical (unpaired) electrons. The van der Waals surface area contributed by atoms with E-state index in [1.807, 2.05) is 0 Å². The Morgan fingerprint density at radius 3 is 2.37 bits per heavy atom. The van der Waals surface area contributed by atoms with Gasteiger partial charge in [0.2, 0.25) is 10.0 Å². The summed E-state index contributed by atoms with van der Waals surface area (Å²) in [6.45, 7) is 0.946. The third-order valence-corrected chi connectivity index (χ3v) is 8.14. The van der Waals surface area contributed by atoms with Crippen molar-refractivity contribution in [2.24, 2.45) is 4.99 Å². The van der Waals surface area contributed by atoms with Crippen LogP contribution in [-0.4, -0.2) is 50.1 Å². The predicted molar refractivity (Wildman–Crippen MR) is 140 cm³/mol. The summed E-state index contributed by atoms with van der Waals surface area (Å²) in [4.78, 5) is 17.1. The van der Waals surface area contributed by atoms with Crippen LogP contribution in [0.4, 0.5) is 23.2 Å². The van der Waals surface area contributed by atoms with E-state index >= 15 is 0 Å². The summed E-state index contributed by atoms with van der Waals surface area (Å²) in [7, 11) is -3.91. The fourth-order valence-corrected chi connectivity index (χ4v) is 5.71. The summed E-state index contributed by atoms with van der Waals surface area (Å²) < 4.78 is 102. The standard InChI is InChI=1S/C25H26F4N4O3S.ClH/c1-15-12-18(30-3)13-16(2)19(15)6-11-37(35,36)33-9-7-24(8-10-33)23(34)31-22(32-24)17-4-5-21(26)20(14-17)25(27,28)29;/h4-6,11-14,30H,7-10H2,1-3H3,(H,31,32,34);1H/b11-6+;/i3D3;. The molecule has 1 saturated heterocycles. The summed E-state index contributed by atoms with van der Waals surface area (Å²) in [5.41, 5.74) is -0.635. The van der Waals surface area contributed by atoms with E-state index in [4.69, 9.17) is 4.11 Å². The van der Waals surface area contributed by atoms with Gasteiger partial charge in [-0.1, -0.05) is 0 Å². The van der Waals surface area contributed by atoms with Crippen molar-refractivity contribution in [3.63, 3.8) is 0 Å². The SMILES string of the molecule is Cl.[2H]C([2H])([2H])Nc1cc(C)c(/C=C/S(=O)(=O)N2CCC3(CC2)N=C(c2ccc(F)c(C(F)(F)F)c2)NC3=O)c(C)c1. The second-order valence-electron chi connectivity index (χ2n) is 9.03. The second-order valence-corrected chi connectivity index (χ2v) is 10.9. The zero-order valence-corrected chi connectivity index (χ0v) is 22.0. The number of carbonyl (C=O) groups excluding carboxylic acids is 1. The normalized spacial score (nSPS) is 19.4. The molecule has 4 rings (SSSR count). The van der Waals surface area contributed by atoms with E-state index in [0.29, 0.717) is 34.5 Å². The molecule has 7 nitrogen and oxygen atoms in total. The number of hydrogen-bond donors (Lipinski definition) is 2. The van der Waals surface area contributed by atoms with Crippen LogP contribution in [0, 0.1) is 19.7 Å². The molecule has 0 unspecified atom stereocenters. The minimum Gasteiger partial charge on any atom is -0.388 e. The maximum absolute atomic E-state index is 13.7. The third kappa shape index (κ3) is 5.71. The van der Waals surface area contributed by atoms with Crippen molar-refractivity contribution in [2.45, 2.75) is 38.4 Å². The maximum Gasteiger partial charge on any atom is 0.419 e. The number of anilines is 1. The van der Waals surface area contributed by atoms with Crippen molar-refractivity contribution in [3.8, 4) is 0 Å². The lowest BCUT2D eigenvalue weighted by Gasteiger charge is -2.34. The van der Waals surface area contributed by atoms with Gasteiger partial charge in [0.05, 0.1) is 5.56 Å². The first-order valence-corrected chi connectivity index (χ1v) is 12.8. The van der Waals surface area contributed by atoms with Crippen molar-refractivity contribution in [1.29, 1.82) is 0 Å². The highest BCUT2D eigenvalue weighted by Gasteiger charge is 2.47. The number of aryl methyl sites for hydroxylation is 2. The largest absolute Gasteiger partial charge is 0.419 e. The smallest absolute Gasteiger partial charge is 0.388 e. The highest BCUT2D eigenvalue weighted by molar-refractivity contribution is 7.92. The lowest BCUT2D eigenvalue weighted by Crippen LogP contribution is -2.50. The number of nitrogens with zero attached hydrogens (tertiary/aromatic N) is 2. The summed E-state index contributed by atoms with van der Waals surface area (Å²) in [6.07, 6.45) is -3.51. The van der Waals surface area contributed by atoms with Gasteiger partial charge in [0.15, 0.2) is 0 Å². The molecular weight excluding hydrogens is 548 g/mol. The first-order chi connectivity index (χ1) is 18.4. The Morgan fingerprint density at radius 2 is 1.79 bits per heavy atom. The molecular formula is C25H27ClF4N4O3S. The molecule has 0 bridgehead atoms. The van der Waals surface area contributed by atoms with E-state index in [0.717, 1.165) is 11.5 Å². The molecule has 206 valence electrons. The van der Waals surface area contributed by atoms with Crippen LogP contribution in [-0.2, 0) is 21.0 Å². The molecule has 0 aliphatic carbocycles. The molecule has 2 aliphatic rings. The van der Waals surface area contributed by atoms with Crippen LogP contribution >= 0.6 is 12.4 Å². The van der Waals surface area contributed by atoms with E-state index in [-0.39, 0.29) is 49.7 Å². The lowest BCUT2D eigenvalue weighted by molar-refractivity contribution is -0.140. The zero-order valence-electron chi connectivity index (χ0n) is 23.3. The van der Waals surface area contributed by atoms with Gasteiger partial charge < -0.3 is 10.6 Å². The Bertz CT molecular complexity index is 1500. The number of benzene rings is 2. The number of alkyl halides is 3. The Balaban J connectivity index is 0.00000462. The van der Waals surface area contributed by atoms with Gasteiger partial charge in [0, 0.05) is 40.8 Å². The molecule has 1 amide bonds. The average Bonchev–Trinajstić information content (AvgIpc) is 3.12. The minimum absolute atomic E-state index is 0. The molecule has 0 saturated carbocycles.